The third-order valence-corrected chi connectivity index (χ3v) is 4.57. The summed E-state index contributed by atoms with van der Waals surface area (Å²) in [5, 5.41) is 8.39. The van der Waals surface area contributed by atoms with Gasteiger partial charge in [-0.15, -0.1) is 4.99 Å². The van der Waals surface area contributed by atoms with Crippen LogP contribution in [-0.4, -0.2) is 39.5 Å². The minimum atomic E-state index is -3.69. The number of rotatable bonds is 8. The van der Waals surface area contributed by atoms with E-state index in [-0.39, 0.29) is 17.5 Å². The van der Waals surface area contributed by atoms with Crippen LogP contribution in [0.3, 0.4) is 0 Å². The van der Waals surface area contributed by atoms with Crippen LogP contribution in [-0.2, 0) is 14.3 Å². The molecule has 23 heavy (non-hydrogen) atoms. The smallest absolute Gasteiger partial charge is 0.296 e. The predicted molar refractivity (Wildman–Crippen MR) is 88.0 cm³/mol. The van der Waals surface area contributed by atoms with E-state index in [9.17, 15) is 8.42 Å². The molecule has 0 saturated carbocycles. The SMILES string of the molecule is Cc1ccc(S(=O)(=O)OCCCCCN(C)C(N)=NC#N)cc1. The van der Waals surface area contributed by atoms with Crippen LogP contribution >= 0.6 is 0 Å². The minimum Gasteiger partial charge on any atom is -0.369 e. The molecule has 0 amide bonds. The Hall–Kier alpha value is -2.11. The van der Waals surface area contributed by atoms with E-state index in [2.05, 4.69) is 4.99 Å². The maximum absolute atomic E-state index is 12.0. The molecule has 0 spiro atoms. The molecule has 0 atom stereocenters. The predicted octanol–water partition coefficient (Wildman–Crippen LogP) is 1.60. The number of nitriles is 1. The molecule has 1 aromatic rings. The summed E-state index contributed by atoms with van der Waals surface area (Å²) < 4.78 is 28.9. The maximum atomic E-state index is 12.0. The molecule has 7 nitrogen and oxygen atoms in total. The molecule has 0 unspecified atom stereocenters. The van der Waals surface area contributed by atoms with Gasteiger partial charge in [0.1, 0.15) is 0 Å². The van der Waals surface area contributed by atoms with Gasteiger partial charge < -0.3 is 10.6 Å². The fourth-order valence-electron chi connectivity index (χ4n) is 1.82. The van der Waals surface area contributed by atoms with E-state index in [0.29, 0.717) is 13.0 Å². The monoisotopic (exact) mass is 338 g/mol. The van der Waals surface area contributed by atoms with Crippen molar-refractivity contribution in [3.8, 4) is 6.19 Å². The normalized spacial score (nSPS) is 12.0. The number of guanidine groups is 1. The molecule has 0 radical (unpaired) electrons. The molecule has 0 aliphatic rings. The van der Waals surface area contributed by atoms with Gasteiger partial charge in [0.05, 0.1) is 11.5 Å². The highest BCUT2D eigenvalue weighted by atomic mass is 32.2. The average molecular weight is 338 g/mol. The van der Waals surface area contributed by atoms with E-state index >= 15 is 0 Å². The molecule has 0 aliphatic heterocycles. The van der Waals surface area contributed by atoms with Gasteiger partial charge in [0.25, 0.3) is 10.1 Å². The Balaban J connectivity index is 2.28. The molecule has 0 aliphatic carbocycles. The fraction of sp³-hybridized carbons (Fsp3) is 0.467. The van der Waals surface area contributed by atoms with Gasteiger partial charge in [-0.25, -0.2) is 0 Å². The molecular weight excluding hydrogens is 316 g/mol. The summed E-state index contributed by atoms with van der Waals surface area (Å²) >= 11 is 0. The van der Waals surface area contributed by atoms with Crippen LogP contribution in [0.1, 0.15) is 24.8 Å². The Bertz CT molecular complexity index is 663. The number of hydrogen-bond donors (Lipinski definition) is 1. The molecule has 0 bridgehead atoms. The van der Waals surface area contributed by atoms with Crippen molar-refractivity contribution in [3.05, 3.63) is 29.8 Å². The second-order valence-corrected chi connectivity index (χ2v) is 6.76. The fourth-order valence-corrected chi connectivity index (χ4v) is 2.76. The molecular formula is C15H22N4O3S. The van der Waals surface area contributed by atoms with Crippen LogP contribution < -0.4 is 5.73 Å². The zero-order chi connectivity index (χ0) is 17.3. The molecule has 0 saturated heterocycles. The number of hydrogen-bond acceptors (Lipinski definition) is 5. The Kier molecular flexibility index (Phi) is 7.51. The Morgan fingerprint density at radius 2 is 1.96 bits per heavy atom. The Morgan fingerprint density at radius 1 is 1.30 bits per heavy atom. The van der Waals surface area contributed by atoms with Gasteiger partial charge in [-0.1, -0.05) is 17.7 Å². The standard InChI is InChI=1S/C15H22N4O3S/c1-13-6-8-14(9-7-13)23(20,21)22-11-5-3-4-10-19(2)15(17)18-12-16/h6-9H,3-5,10-11H2,1-2H3,(H2,17,18). The van der Waals surface area contributed by atoms with Gasteiger partial charge in [0.15, 0.2) is 0 Å². The van der Waals surface area contributed by atoms with Crippen molar-refractivity contribution in [3.63, 3.8) is 0 Å². The van der Waals surface area contributed by atoms with Crippen molar-refractivity contribution in [2.45, 2.75) is 31.1 Å². The topological polar surface area (TPSA) is 109 Å². The third kappa shape index (κ3) is 6.67. The van der Waals surface area contributed by atoms with Crippen LogP contribution in [0.5, 0.6) is 0 Å². The number of benzene rings is 1. The summed E-state index contributed by atoms with van der Waals surface area (Å²) in [6, 6.07) is 6.55. The highest BCUT2D eigenvalue weighted by Gasteiger charge is 2.14. The highest BCUT2D eigenvalue weighted by molar-refractivity contribution is 7.86. The van der Waals surface area contributed by atoms with Crippen LogP contribution in [0.4, 0.5) is 0 Å². The van der Waals surface area contributed by atoms with Crippen LogP contribution in [0.2, 0.25) is 0 Å². The first-order valence-electron chi connectivity index (χ1n) is 7.26. The molecule has 1 aromatic carbocycles. The maximum Gasteiger partial charge on any atom is 0.296 e. The van der Waals surface area contributed by atoms with Crippen molar-refractivity contribution in [2.24, 2.45) is 10.7 Å². The minimum absolute atomic E-state index is 0.141. The first kappa shape index (κ1) is 18.9. The first-order chi connectivity index (χ1) is 10.9. The molecule has 0 heterocycles. The lowest BCUT2D eigenvalue weighted by molar-refractivity contribution is 0.304. The first-order valence-corrected chi connectivity index (χ1v) is 8.67. The van der Waals surface area contributed by atoms with Gasteiger partial charge in [-0.05, 0) is 38.3 Å². The molecule has 126 valence electrons. The van der Waals surface area contributed by atoms with Crippen molar-refractivity contribution in [2.75, 3.05) is 20.2 Å². The lowest BCUT2D eigenvalue weighted by Crippen LogP contribution is -2.34. The van der Waals surface area contributed by atoms with Gasteiger partial charge in [-0.3, -0.25) is 4.18 Å². The van der Waals surface area contributed by atoms with E-state index in [1.54, 1.807) is 30.3 Å². The van der Waals surface area contributed by atoms with E-state index in [4.69, 9.17) is 15.2 Å². The summed E-state index contributed by atoms with van der Waals surface area (Å²) in [5.41, 5.74) is 6.54. The quantitative estimate of drug-likeness (QED) is 0.253. The lowest BCUT2D eigenvalue weighted by Gasteiger charge is -2.16. The second-order valence-electron chi connectivity index (χ2n) is 5.14. The molecule has 2 N–H and O–H groups in total. The highest BCUT2D eigenvalue weighted by Crippen LogP contribution is 2.13. The summed E-state index contributed by atoms with van der Waals surface area (Å²) in [6.45, 7) is 2.67. The van der Waals surface area contributed by atoms with E-state index in [1.807, 2.05) is 6.92 Å². The van der Waals surface area contributed by atoms with Crippen molar-refractivity contribution < 1.29 is 12.6 Å². The van der Waals surface area contributed by atoms with E-state index in [0.717, 1.165) is 18.4 Å². The second kappa shape index (κ2) is 9.12. The number of nitrogens with zero attached hydrogens (tertiary/aromatic N) is 3. The van der Waals surface area contributed by atoms with E-state index in [1.165, 1.54) is 12.1 Å². The van der Waals surface area contributed by atoms with Gasteiger partial charge in [0.2, 0.25) is 12.2 Å². The van der Waals surface area contributed by atoms with Gasteiger partial charge in [-0.2, -0.15) is 13.7 Å². The summed E-state index contributed by atoms with van der Waals surface area (Å²) in [6.07, 6.45) is 3.83. The van der Waals surface area contributed by atoms with Crippen molar-refractivity contribution in [1.29, 1.82) is 5.26 Å². The summed E-state index contributed by atoms with van der Waals surface area (Å²) in [7, 11) is -1.94. The zero-order valence-electron chi connectivity index (χ0n) is 13.4. The molecule has 1 rings (SSSR count). The third-order valence-electron chi connectivity index (χ3n) is 3.24. The van der Waals surface area contributed by atoms with Gasteiger partial charge in [0, 0.05) is 13.6 Å². The number of aryl methyl sites for hydroxylation is 1. The van der Waals surface area contributed by atoms with Crippen molar-refractivity contribution in [1.82, 2.24) is 4.90 Å². The molecule has 8 heteroatoms. The van der Waals surface area contributed by atoms with Crippen molar-refractivity contribution >= 4 is 16.1 Å². The molecule has 0 fully saturated rings. The summed E-state index contributed by atoms with van der Waals surface area (Å²) in [5.74, 6) is 0.172. The Labute approximate surface area is 137 Å². The molecule has 0 aromatic heterocycles. The number of nitrogens with two attached hydrogens (primary N) is 1. The van der Waals surface area contributed by atoms with Crippen LogP contribution in [0.25, 0.3) is 0 Å². The van der Waals surface area contributed by atoms with Crippen LogP contribution in [0.15, 0.2) is 34.2 Å². The average Bonchev–Trinajstić information content (AvgIpc) is 2.51. The van der Waals surface area contributed by atoms with Crippen LogP contribution in [0, 0.1) is 18.4 Å². The largest absolute Gasteiger partial charge is 0.369 e. The lowest BCUT2D eigenvalue weighted by atomic mass is 10.2. The zero-order valence-corrected chi connectivity index (χ0v) is 14.2. The number of aliphatic imine (C=N–C) groups is 1. The number of unbranched alkanes of at least 4 members (excludes halogenated alkanes) is 2. The summed E-state index contributed by atoms with van der Waals surface area (Å²) in [4.78, 5) is 5.28. The Morgan fingerprint density at radius 3 is 2.57 bits per heavy atom. The van der Waals surface area contributed by atoms with E-state index < -0.39 is 10.1 Å². The van der Waals surface area contributed by atoms with Gasteiger partial charge >= 0.3 is 0 Å².